The maximum atomic E-state index is 13.7. The molecule has 0 radical (unpaired) electrons. The number of hydrogen-bond donors (Lipinski definition) is 2. The van der Waals surface area contributed by atoms with Crippen molar-refractivity contribution in [2.24, 2.45) is 5.92 Å². The highest BCUT2D eigenvalue weighted by Gasteiger charge is 2.18. The van der Waals surface area contributed by atoms with E-state index in [1.54, 1.807) is 0 Å². The molecule has 1 aromatic carbocycles. The molecule has 16 heavy (non-hydrogen) atoms. The number of phenolic OH excluding ortho intramolecular Hbond substituents is 1. The summed E-state index contributed by atoms with van der Waals surface area (Å²) in [5.41, 5.74) is -0.301. The van der Waals surface area contributed by atoms with E-state index in [1.165, 1.54) is 6.07 Å². The quantitative estimate of drug-likeness (QED) is 0.830. The Morgan fingerprint density at radius 1 is 1.50 bits per heavy atom. The SMILES string of the molecule is CCC(C)Cc1c(O)ccc(C(=O)O)c1F. The van der Waals surface area contributed by atoms with Crippen LogP contribution in [0.4, 0.5) is 4.39 Å². The van der Waals surface area contributed by atoms with Crippen LogP contribution < -0.4 is 0 Å². The Morgan fingerprint density at radius 2 is 2.12 bits per heavy atom. The van der Waals surface area contributed by atoms with Crippen molar-refractivity contribution in [3.63, 3.8) is 0 Å². The van der Waals surface area contributed by atoms with E-state index in [0.29, 0.717) is 6.42 Å². The first-order chi connectivity index (χ1) is 7.47. The zero-order valence-electron chi connectivity index (χ0n) is 9.33. The molecular formula is C12H15FO3. The molecule has 1 rings (SSSR count). The van der Waals surface area contributed by atoms with Gasteiger partial charge in [-0.2, -0.15) is 0 Å². The van der Waals surface area contributed by atoms with Gasteiger partial charge in [-0.05, 0) is 24.5 Å². The van der Waals surface area contributed by atoms with Gasteiger partial charge in [0, 0.05) is 5.56 Å². The first-order valence-electron chi connectivity index (χ1n) is 5.21. The van der Waals surface area contributed by atoms with E-state index < -0.39 is 17.3 Å². The zero-order valence-corrected chi connectivity index (χ0v) is 9.33. The molecule has 0 fully saturated rings. The molecule has 1 unspecified atom stereocenters. The third-order valence-electron chi connectivity index (χ3n) is 2.70. The van der Waals surface area contributed by atoms with Gasteiger partial charge in [-0.25, -0.2) is 9.18 Å². The predicted molar refractivity (Wildman–Crippen MR) is 58.2 cm³/mol. The fourth-order valence-corrected chi connectivity index (χ4v) is 1.46. The zero-order chi connectivity index (χ0) is 12.3. The molecule has 0 aliphatic carbocycles. The Balaban J connectivity index is 3.16. The van der Waals surface area contributed by atoms with Gasteiger partial charge in [0.05, 0.1) is 5.56 Å². The maximum absolute atomic E-state index is 13.7. The second-order valence-electron chi connectivity index (χ2n) is 3.95. The van der Waals surface area contributed by atoms with Gasteiger partial charge in [0.2, 0.25) is 0 Å². The number of benzene rings is 1. The van der Waals surface area contributed by atoms with Crippen LogP contribution in [0.5, 0.6) is 5.75 Å². The van der Waals surface area contributed by atoms with Gasteiger partial charge in [0.25, 0.3) is 0 Å². The van der Waals surface area contributed by atoms with Crippen LogP contribution in [-0.2, 0) is 6.42 Å². The molecule has 0 aliphatic rings. The predicted octanol–water partition coefficient (Wildman–Crippen LogP) is 2.82. The normalized spacial score (nSPS) is 12.4. The molecule has 0 aromatic heterocycles. The molecule has 0 saturated heterocycles. The Kier molecular flexibility index (Phi) is 3.88. The van der Waals surface area contributed by atoms with Crippen molar-refractivity contribution >= 4 is 5.97 Å². The fourth-order valence-electron chi connectivity index (χ4n) is 1.46. The lowest BCUT2D eigenvalue weighted by Crippen LogP contribution is -2.07. The summed E-state index contributed by atoms with van der Waals surface area (Å²) in [5.74, 6) is -2.12. The molecule has 0 aliphatic heterocycles. The summed E-state index contributed by atoms with van der Waals surface area (Å²) in [7, 11) is 0. The summed E-state index contributed by atoms with van der Waals surface area (Å²) in [6, 6.07) is 2.30. The molecular weight excluding hydrogens is 211 g/mol. The number of halogens is 1. The number of aromatic carboxylic acids is 1. The van der Waals surface area contributed by atoms with Crippen molar-refractivity contribution < 1.29 is 19.4 Å². The van der Waals surface area contributed by atoms with Crippen LogP contribution in [0.25, 0.3) is 0 Å². The van der Waals surface area contributed by atoms with E-state index in [1.807, 2.05) is 13.8 Å². The number of aromatic hydroxyl groups is 1. The van der Waals surface area contributed by atoms with Crippen LogP contribution >= 0.6 is 0 Å². The van der Waals surface area contributed by atoms with Crippen LogP contribution in [0, 0.1) is 11.7 Å². The largest absolute Gasteiger partial charge is 0.508 e. The first-order valence-corrected chi connectivity index (χ1v) is 5.21. The molecule has 3 nitrogen and oxygen atoms in total. The van der Waals surface area contributed by atoms with E-state index in [4.69, 9.17) is 5.11 Å². The number of carboxylic acids is 1. The highest BCUT2D eigenvalue weighted by molar-refractivity contribution is 5.88. The number of phenols is 1. The molecule has 0 bridgehead atoms. The van der Waals surface area contributed by atoms with Crippen LogP contribution in [0.1, 0.15) is 36.2 Å². The molecule has 88 valence electrons. The molecule has 0 spiro atoms. The van der Waals surface area contributed by atoms with Crippen LogP contribution in [0.15, 0.2) is 12.1 Å². The average Bonchev–Trinajstić information content (AvgIpc) is 2.23. The summed E-state index contributed by atoms with van der Waals surface area (Å²) in [4.78, 5) is 10.7. The molecule has 0 heterocycles. The Hall–Kier alpha value is -1.58. The van der Waals surface area contributed by atoms with E-state index in [0.717, 1.165) is 12.5 Å². The molecule has 1 aromatic rings. The lowest BCUT2D eigenvalue weighted by Gasteiger charge is -2.12. The topological polar surface area (TPSA) is 57.5 Å². The van der Waals surface area contributed by atoms with E-state index in [-0.39, 0.29) is 17.2 Å². The summed E-state index contributed by atoms with van der Waals surface area (Å²) >= 11 is 0. The third-order valence-corrected chi connectivity index (χ3v) is 2.70. The van der Waals surface area contributed by atoms with Gasteiger partial charge in [0.15, 0.2) is 0 Å². The minimum atomic E-state index is -1.32. The lowest BCUT2D eigenvalue weighted by atomic mass is 9.96. The number of carbonyl (C=O) groups is 1. The summed E-state index contributed by atoms with van der Waals surface area (Å²) in [6.07, 6.45) is 1.19. The number of hydrogen-bond acceptors (Lipinski definition) is 2. The number of carboxylic acid groups (broad SMARTS) is 1. The Morgan fingerprint density at radius 3 is 2.62 bits per heavy atom. The molecule has 0 amide bonds. The summed E-state index contributed by atoms with van der Waals surface area (Å²) < 4.78 is 13.7. The van der Waals surface area contributed by atoms with Crippen molar-refractivity contribution in [1.29, 1.82) is 0 Å². The summed E-state index contributed by atoms with van der Waals surface area (Å²) in [5, 5.41) is 18.3. The van der Waals surface area contributed by atoms with Crippen LogP contribution in [0.3, 0.4) is 0 Å². The van der Waals surface area contributed by atoms with Crippen LogP contribution in [0.2, 0.25) is 0 Å². The highest BCUT2D eigenvalue weighted by Crippen LogP contribution is 2.26. The van der Waals surface area contributed by atoms with Gasteiger partial charge in [-0.3, -0.25) is 0 Å². The summed E-state index contributed by atoms with van der Waals surface area (Å²) in [6.45, 7) is 3.88. The van der Waals surface area contributed by atoms with Gasteiger partial charge >= 0.3 is 5.97 Å². The molecule has 1 atom stereocenters. The van der Waals surface area contributed by atoms with Gasteiger partial charge in [0.1, 0.15) is 11.6 Å². The highest BCUT2D eigenvalue weighted by atomic mass is 19.1. The Labute approximate surface area is 93.5 Å². The molecule has 0 saturated carbocycles. The van der Waals surface area contributed by atoms with Crippen molar-refractivity contribution in [2.75, 3.05) is 0 Å². The fraction of sp³-hybridized carbons (Fsp3) is 0.417. The second kappa shape index (κ2) is 4.96. The van der Waals surface area contributed by atoms with Crippen molar-refractivity contribution in [3.05, 3.63) is 29.1 Å². The van der Waals surface area contributed by atoms with Gasteiger partial charge in [-0.1, -0.05) is 20.3 Å². The monoisotopic (exact) mass is 226 g/mol. The standard InChI is InChI=1S/C12H15FO3/c1-3-7(2)6-9-10(14)5-4-8(11(9)13)12(15)16/h4-5,7,14H,3,6H2,1-2H3,(H,15,16). The van der Waals surface area contributed by atoms with Gasteiger partial charge in [-0.15, -0.1) is 0 Å². The molecule has 2 N–H and O–H groups in total. The smallest absolute Gasteiger partial charge is 0.338 e. The van der Waals surface area contributed by atoms with E-state index in [2.05, 4.69) is 0 Å². The minimum Gasteiger partial charge on any atom is -0.508 e. The van der Waals surface area contributed by atoms with Gasteiger partial charge < -0.3 is 10.2 Å². The minimum absolute atomic E-state index is 0.0919. The van der Waals surface area contributed by atoms with Crippen LogP contribution in [-0.4, -0.2) is 16.2 Å². The maximum Gasteiger partial charge on any atom is 0.338 e. The lowest BCUT2D eigenvalue weighted by molar-refractivity contribution is 0.0691. The first kappa shape index (κ1) is 12.5. The Bertz CT molecular complexity index is 401. The van der Waals surface area contributed by atoms with E-state index >= 15 is 0 Å². The van der Waals surface area contributed by atoms with Crippen molar-refractivity contribution in [3.8, 4) is 5.75 Å². The average molecular weight is 226 g/mol. The number of rotatable bonds is 4. The third kappa shape index (κ3) is 2.51. The van der Waals surface area contributed by atoms with E-state index in [9.17, 15) is 14.3 Å². The molecule has 4 heteroatoms. The van der Waals surface area contributed by atoms with Crippen molar-refractivity contribution in [1.82, 2.24) is 0 Å². The van der Waals surface area contributed by atoms with Crippen molar-refractivity contribution in [2.45, 2.75) is 26.7 Å². The second-order valence-corrected chi connectivity index (χ2v) is 3.95.